The molecule has 0 saturated carbocycles. The van der Waals surface area contributed by atoms with Gasteiger partial charge in [0.05, 0.1) is 11.4 Å². The van der Waals surface area contributed by atoms with Gasteiger partial charge < -0.3 is 20.7 Å². The monoisotopic (exact) mass is 367 g/mol. The average molecular weight is 367 g/mol. The Hall–Kier alpha value is -2.69. The highest BCUT2D eigenvalue weighted by Gasteiger charge is 2.21. The second kappa shape index (κ2) is 8.33. The van der Waals surface area contributed by atoms with Crippen LogP contribution in [0.4, 0.5) is 17.1 Å². The van der Waals surface area contributed by atoms with E-state index in [-0.39, 0.29) is 12.5 Å². The number of benzene rings is 2. The number of rotatable bonds is 5. The first-order chi connectivity index (χ1) is 12.9. The Balaban J connectivity index is 1.70. The molecule has 0 bridgehead atoms. The van der Waals surface area contributed by atoms with Crippen LogP contribution in [0, 0.1) is 13.8 Å². The van der Waals surface area contributed by atoms with Gasteiger partial charge in [0.2, 0.25) is 0 Å². The molecule has 2 aromatic rings. The van der Waals surface area contributed by atoms with Crippen LogP contribution in [0.15, 0.2) is 36.4 Å². The first-order valence-corrected chi connectivity index (χ1v) is 9.60. The summed E-state index contributed by atoms with van der Waals surface area (Å²) in [5.41, 5.74) is 10.6. The fourth-order valence-electron chi connectivity index (χ4n) is 3.65. The number of piperidine rings is 1. The summed E-state index contributed by atoms with van der Waals surface area (Å²) in [5, 5.41) is 2.98. The summed E-state index contributed by atoms with van der Waals surface area (Å²) in [6.07, 6.45) is 3.57. The van der Waals surface area contributed by atoms with Crippen molar-refractivity contribution >= 4 is 23.0 Å². The van der Waals surface area contributed by atoms with E-state index < -0.39 is 0 Å². The Bertz CT molecular complexity index is 819. The number of ether oxygens (including phenoxy) is 1. The molecule has 1 aliphatic rings. The number of carbonyl (C=O) groups is 1. The van der Waals surface area contributed by atoms with Crippen molar-refractivity contribution in [3.05, 3.63) is 47.5 Å². The van der Waals surface area contributed by atoms with Crippen molar-refractivity contribution < 1.29 is 9.53 Å². The largest absolute Gasteiger partial charge is 0.483 e. The molecule has 0 aromatic heterocycles. The molecule has 1 saturated heterocycles. The summed E-state index contributed by atoms with van der Waals surface area (Å²) in [6.45, 7) is 7.20. The van der Waals surface area contributed by atoms with Crippen molar-refractivity contribution in [2.45, 2.75) is 46.1 Å². The third-order valence-electron chi connectivity index (χ3n) is 5.10. The first kappa shape index (κ1) is 19.1. The molecular weight excluding hydrogens is 338 g/mol. The van der Waals surface area contributed by atoms with Crippen molar-refractivity contribution in [2.75, 3.05) is 29.1 Å². The minimum absolute atomic E-state index is 0.0340. The van der Waals surface area contributed by atoms with E-state index in [9.17, 15) is 4.79 Å². The molecule has 3 N–H and O–H groups in total. The minimum Gasteiger partial charge on any atom is -0.483 e. The van der Waals surface area contributed by atoms with Gasteiger partial charge in [-0.15, -0.1) is 0 Å². The van der Waals surface area contributed by atoms with Crippen LogP contribution in [0.25, 0.3) is 0 Å². The third kappa shape index (κ3) is 4.73. The van der Waals surface area contributed by atoms with Crippen LogP contribution in [0.5, 0.6) is 5.75 Å². The smallest absolute Gasteiger partial charge is 0.262 e. The Morgan fingerprint density at radius 3 is 2.78 bits per heavy atom. The molecule has 2 aromatic carbocycles. The molecule has 0 unspecified atom stereocenters. The number of nitrogen functional groups attached to an aromatic ring is 1. The number of carbonyl (C=O) groups excluding carboxylic acids is 1. The average Bonchev–Trinajstić information content (AvgIpc) is 2.62. The molecule has 0 aliphatic carbocycles. The molecule has 27 heavy (non-hydrogen) atoms. The second-order valence-corrected chi connectivity index (χ2v) is 7.42. The number of hydrogen-bond donors (Lipinski definition) is 2. The van der Waals surface area contributed by atoms with Crippen LogP contribution >= 0.6 is 0 Å². The van der Waals surface area contributed by atoms with Gasteiger partial charge in [0.1, 0.15) is 5.75 Å². The maximum Gasteiger partial charge on any atom is 0.262 e. The highest BCUT2D eigenvalue weighted by atomic mass is 16.5. The third-order valence-corrected chi connectivity index (χ3v) is 5.10. The Morgan fingerprint density at radius 2 is 2.04 bits per heavy atom. The van der Waals surface area contributed by atoms with Gasteiger partial charge in [0.15, 0.2) is 6.61 Å². The Labute approximate surface area is 161 Å². The number of nitrogens with zero attached hydrogens (tertiary/aromatic N) is 1. The molecule has 1 aliphatic heterocycles. The van der Waals surface area contributed by atoms with Gasteiger partial charge in [-0.05, 0) is 69.9 Å². The molecule has 0 spiro atoms. The molecule has 1 atom stereocenters. The summed E-state index contributed by atoms with van der Waals surface area (Å²) in [7, 11) is 0. The predicted molar refractivity (Wildman–Crippen MR) is 112 cm³/mol. The molecule has 3 rings (SSSR count). The van der Waals surface area contributed by atoms with Gasteiger partial charge >= 0.3 is 0 Å². The first-order valence-electron chi connectivity index (χ1n) is 9.60. The second-order valence-electron chi connectivity index (χ2n) is 7.42. The molecule has 1 amide bonds. The topological polar surface area (TPSA) is 67.6 Å². The van der Waals surface area contributed by atoms with Crippen molar-refractivity contribution in [3.8, 4) is 5.75 Å². The lowest BCUT2D eigenvalue weighted by molar-refractivity contribution is -0.118. The van der Waals surface area contributed by atoms with Crippen LogP contribution < -0.4 is 20.7 Å². The highest BCUT2D eigenvalue weighted by Crippen LogP contribution is 2.33. The van der Waals surface area contributed by atoms with E-state index in [1.165, 1.54) is 12.0 Å². The zero-order valence-corrected chi connectivity index (χ0v) is 16.4. The van der Waals surface area contributed by atoms with Crippen LogP contribution in [-0.4, -0.2) is 25.1 Å². The number of nitrogens with one attached hydrogen (secondary N) is 1. The number of hydrogen-bond acceptors (Lipinski definition) is 4. The maximum absolute atomic E-state index is 12.5. The SMILES string of the molecule is Cc1ccc(OCC(=O)Nc2cc(N)ccc2N2CCCC[C@H]2C)c(C)c1. The van der Waals surface area contributed by atoms with Gasteiger partial charge in [-0.2, -0.15) is 0 Å². The van der Waals surface area contributed by atoms with E-state index in [4.69, 9.17) is 10.5 Å². The van der Waals surface area contributed by atoms with Crippen molar-refractivity contribution in [2.24, 2.45) is 0 Å². The number of anilines is 3. The van der Waals surface area contributed by atoms with Crippen molar-refractivity contribution in [1.29, 1.82) is 0 Å². The summed E-state index contributed by atoms with van der Waals surface area (Å²) in [5.74, 6) is 0.541. The molecule has 5 heteroatoms. The fourth-order valence-corrected chi connectivity index (χ4v) is 3.65. The highest BCUT2D eigenvalue weighted by molar-refractivity contribution is 5.96. The van der Waals surface area contributed by atoms with Gasteiger partial charge in [-0.1, -0.05) is 17.7 Å². The van der Waals surface area contributed by atoms with Gasteiger partial charge in [-0.3, -0.25) is 4.79 Å². The van der Waals surface area contributed by atoms with Gasteiger partial charge in [0.25, 0.3) is 5.91 Å². The van der Waals surface area contributed by atoms with Crippen LogP contribution in [-0.2, 0) is 4.79 Å². The normalized spacial score (nSPS) is 16.9. The van der Waals surface area contributed by atoms with Crippen LogP contribution in [0.2, 0.25) is 0 Å². The van der Waals surface area contributed by atoms with E-state index in [0.717, 1.165) is 42.1 Å². The Morgan fingerprint density at radius 1 is 1.22 bits per heavy atom. The zero-order valence-electron chi connectivity index (χ0n) is 16.4. The Kier molecular flexibility index (Phi) is 5.89. The zero-order chi connectivity index (χ0) is 19.4. The van der Waals surface area contributed by atoms with E-state index in [1.54, 1.807) is 0 Å². The summed E-state index contributed by atoms with van der Waals surface area (Å²) in [4.78, 5) is 14.8. The number of amides is 1. The minimum atomic E-state index is -0.188. The lowest BCUT2D eigenvalue weighted by Gasteiger charge is -2.36. The molecule has 0 radical (unpaired) electrons. The van der Waals surface area contributed by atoms with E-state index in [0.29, 0.717) is 11.7 Å². The molecule has 1 heterocycles. The molecule has 1 fully saturated rings. The molecular formula is C22H29N3O2. The lowest BCUT2D eigenvalue weighted by atomic mass is 10.0. The summed E-state index contributed by atoms with van der Waals surface area (Å²) in [6, 6.07) is 12.1. The van der Waals surface area contributed by atoms with Crippen LogP contribution in [0.3, 0.4) is 0 Å². The van der Waals surface area contributed by atoms with Gasteiger partial charge in [0, 0.05) is 18.3 Å². The maximum atomic E-state index is 12.5. The molecule has 144 valence electrons. The summed E-state index contributed by atoms with van der Waals surface area (Å²) >= 11 is 0. The predicted octanol–water partition coefficient (Wildman–Crippen LogP) is 4.28. The van der Waals surface area contributed by atoms with E-state index in [1.807, 2.05) is 50.2 Å². The lowest BCUT2D eigenvalue weighted by Crippen LogP contribution is -2.38. The molecule has 5 nitrogen and oxygen atoms in total. The van der Waals surface area contributed by atoms with E-state index >= 15 is 0 Å². The fraction of sp³-hybridized carbons (Fsp3) is 0.409. The summed E-state index contributed by atoms with van der Waals surface area (Å²) < 4.78 is 5.71. The standard InChI is InChI=1S/C22H29N3O2/c1-15-7-10-21(16(2)12-15)27-14-22(26)24-19-13-18(23)8-9-20(19)25-11-5-4-6-17(25)3/h7-10,12-13,17H,4-6,11,14,23H2,1-3H3,(H,24,26)/t17-/m1/s1. The van der Waals surface area contributed by atoms with E-state index in [2.05, 4.69) is 17.1 Å². The quantitative estimate of drug-likeness (QED) is 0.774. The van der Waals surface area contributed by atoms with Crippen molar-refractivity contribution in [3.63, 3.8) is 0 Å². The van der Waals surface area contributed by atoms with Crippen molar-refractivity contribution in [1.82, 2.24) is 0 Å². The number of nitrogens with two attached hydrogens (primary N) is 1. The van der Waals surface area contributed by atoms with Crippen LogP contribution in [0.1, 0.15) is 37.3 Å². The van der Waals surface area contributed by atoms with Gasteiger partial charge in [-0.25, -0.2) is 0 Å². The number of aryl methyl sites for hydroxylation is 2.